The summed E-state index contributed by atoms with van der Waals surface area (Å²) in [5, 5.41) is 5.21. The average molecular weight is 605 g/mol. The first-order chi connectivity index (χ1) is 19.8. The molecule has 1 aromatic heterocycles. The number of methoxy groups -OCH3 is 1. The van der Waals surface area contributed by atoms with Crippen LogP contribution in [0.3, 0.4) is 0 Å². The van der Waals surface area contributed by atoms with Gasteiger partial charge < -0.3 is 13.9 Å². The third-order valence-corrected chi connectivity index (χ3v) is 12.7. The minimum Gasteiger partial charge on any atom is -0.469 e. The van der Waals surface area contributed by atoms with Crippen molar-refractivity contribution in [2.24, 2.45) is 0 Å². The number of aryl methyl sites for hydroxylation is 1. The van der Waals surface area contributed by atoms with E-state index in [1.165, 1.54) is 38.1 Å². The van der Waals surface area contributed by atoms with Crippen molar-refractivity contribution in [2.75, 3.05) is 13.7 Å². The summed E-state index contributed by atoms with van der Waals surface area (Å²) in [6.07, 6.45) is 20.4. The van der Waals surface area contributed by atoms with Gasteiger partial charge in [0.15, 0.2) is 8.32 Å². The molecular weight excluding hydrogens is 544 g/mol. The fraction of sp³-hybridized carbons (Fsp3) is 0.735. The molecule has 1 rings (SSSR count). The number of unbranched alkanes of at least 4 members (excludes halogenated alkanes) is 6. The lowest BCUT2D eigenvalue weighted by Gasteiger charge is -2.38. The Kier molecular flexibility index (Phi) is 17.9. The van der Waals surface area contributed by atoms with E-state index in [0.717, 1.165) is 70.0 Å². The number of hydrogen-bond donors (Lipinski definition) is 0. The number of allylic oxidation sites excluding steroid dienone is 2. The largest absolute Gasteiger partial charge is 0.469 e. The van der Waals surface area contributed by atoms with Gasteiger partial charge in [-0.2, -0.15) is 5.10 Å². The summed E-state index contributed by atoms with van der Waals surface area (Å²) in [6, 6.07) is 0. The number of carbonyl (C=O) groups excluding carboxylic acids is 2. The molecule has 1 aromatic rings. The van der Waals surface area contributed by atoms with Crippen LogP contribution < -0.4 is 0 Å². The highest BCUT2D eigenvalue weighted by Crippen LogP contribution is 2.38. The number of rotatable bonds is 21. The molecule has 0 spiro atoms. The lowest BCUT2D eigenvalue weighted by molar-refractivity contribution is -0.141. The van der Waals surface area contributed by atoms with E-state index < -0.39 is 8.32 Å². The molecule has 1 heterocycles. The van der Waals surface area contributed by atoms with Gasteiger partial charge in [0.05, 0.1) is 25.5 Å². The molecule has 0 fully saturated rings. The summed E-state index contributed by atoms with van der Waals surface area (Å²) in [5.74, 6) is -0.372. The molecule has 1 atom stereocenters. The summed E-state index contributed by atoms with van der Waals surface area (Å²) in [5.41, 5.74) is 3.45. The predicted octanol–water partition coefficient (Wildman–Crippen LogP) is 8.74. The molecule has 0 aliphatic carbocycles. The van der Waals surface area contributed by atoms with Crippen LogP contribution in [0.25, 0.3) is 6.08 Å². The maximum atomic E-state index is 11.4. The number of carbonyl (C=O) groups is 2. The Balaban J connectivity index is 3.06. The van der Waals surface area contributed by atoms with Crippen LogP contribution in [0.5, 0.6) is 0 Å². The van der Waals surface area contributed by atoms with E-state index in [9.17, 15) is 9.59 Å². The summed E-state index contributed by atoms with van der Waals surface area (Å²) in [6.45, 7) is 18.8. The van der Waals surface area contributed by atoms with Gasteiger partial charge in [0.2, 0.25) is 0 Å². The number of nitrogens with zero attached hydrogens (tertiary/aromatic N) is 2. The van der Waals surface area contributed by atoms with Crippen LogP contribution in [0.4, 0.5) is 0 Å². The van der Waals surface area contributed by atoms with Gasteiger partial charge in [0, 0.05) is 31.1 Å². The zero-order valence-electron chi connectivity index (χ0n) is 28.2. The highest BCUT2D eigenvalue weighted by Gasteiger charge is 2.38. The first-order valence-electron chi connectivity index (χ1n) is 16.1. The molecule has 42 heavy (non-hydrogen) atoms. The second-order valence-electron chi connectivity index (χ2n) is 12.8. The summed E-state index contributed by atoms with van der Waals surface area (Å²) >= 11 is 0. The first kappa shape index (κ1) is 37.8. The molecule has 1 unspecified atom stereocenters. The second-order valence-corrected chi connectivity index (χ2v) is 17.6. The summed E-state index contributed by atoms with van der Waals surface area (Å²) < 4.78 is 18.8. The zero-order valence-corrected chi connectivity index (χ0v) is 29.2. The van der Waals surface area contributed by atoms with Crippen LogP contribution in [-0.2, 0) is 36.5 Å². The van der Waals surface area contributed by atoms with Crippen molar-refractivity contribution in [2.45, 2.75) is 149 Å². The molecule has 0 amide bonds. The normalized spacial score (nSPS) is 13.3. The van der Waals surface area contributed by atoms with Crippen molar-refractivity contribution in [3.05, 3.63) is 35.2 Å². The Morgan fingerprint density at radius 2 is 1.74 bits per heavy atom. The van der Waals surface area contributed by atoms with E-state index in [1.54, 1.807) is 0 Å². The van der Waals surface area contributed by atoms with E-state index in [2.05, 4.69) is 76.7 Å². The van der Waals surface area contributed by atoms with Crippen LogP contribution in [0.15, 0.2) is 18.2 Å². The van der Waals surface area contributed by atoms with Gasteiger partial charge in [-0.1, -0.05) is 71.6 Å². The van der Waals surface area contributed by atoms with Gasteiger partial charge in [-0.15, -0.1) is 0 Å². The second kappa shape index (κ2) is 19.9. The summed E-state index contributed by atoms with van der Waals surface area (Å²) in [7, 11) is -0.484. The fourth-order valence-electron chi connectivity index (χ4n) is 4.47. The van der Waals surface area contributed by atoms with Crippen LogP contribution in [0.1, 0.15) is 122 Å². The van der Waals surface area contributed by atoms with Crippen LogP contribution in [0.2, 0.25) is 18.1 Å². The van der Waals surface area contributed by atoms with E-state index in [1.807, 2.05) is 0 Å². The van der Waals surface area contributed by atoms with Gasteiger partial charge in [0.25, 0.3) is 0 Å². The molecule has 0 bridgehead atoms. The van der Waals surface area contributed by atoms with E-state index in [-0.39, 0.29) is 23.1 Å². The minimum atomic E-state index is -1.92. The smallest absolute Gasteiger partial charge is 0.305 e. The monoisotopic (exact) mass is 604 g/mol. The van der Waals surface area contributed by atoms with Crippen molar-refractivity contribution < 1.29 is 23.5 Å². The van der Waals surface area contributed by atoms with Crippen LogP contribution in [-0.4, -0.2) is 49.9 Å². The molecule has 0 aromatic carbocycles. The molecular formula is C34H60N2O5Si. The molecule has 0 aliphatic rings. The Hall–Kier alpha value is -2.19. The number of ether oxygens (including phenoxy) is 2. The van der Waals surface area contributed by atoms with Gasteiger partial charge in [0.1, 0.15) is 0 Å². The molecule has 0 saturated heterocycles. The predicted molar refractivity (Wildman–Crippen MR) is 176 cm³/mol. The maximum absolute atomic E-state index is 11.4. The highest BCUT2D eigenvalue weighted by atomic mass is 28.4. The first-order valence-corrected chi connectivity index (χ1v) is 19.0. The third kappa shape index (κ3) is 14.8. The lowest BCUT2D eigenvalue weighted by atomic mass is 10.1. The molecule has 0 aliphatic heterocycles. The Morgan fingerprint density at radius 3 is 2.38 bits per heavy atom. The molecule has 7 nitrogen and oxygen atoms in total. The Morgan fingerprint density at radius 1 is 1.02 bits per heavy atom. The SMILES string of the molecule is CCCCCC(C=Cc1nn(CCCCCCOC(C)=O)c(C)c1C/C=C\CCCC(=O)OC)O[Si](C)(C)C(C)(C)C. The van der Waals surface area contributed by atoms with Crippen LogP contribution in [0, 0.1) is 6.92 Å². The van der Waals surface area contributed by atoms with Crippen molar-refractivity contribution in [1.29, 1.82) is 0 Å². The van der Waals surface area contributed by atoms with Crippen molar-refractivity contribution in [1.82, 2.24) is 9.78 Å². The van der Waals surface area contributed by atoms with Gasteiger partial charge in [-0.05, 0) is 76.1 Å². The Bertz CT molecular complexity index is 991. The van der Waals surface area contributed by atoms with Gasteiger partial charge in [-0.3, -0.25) is 14.3 Å². The third-order valence-electron chi connectivity index (χ3n) is 8.21. The number of hydrogen-bond acceptors (Lipinski definition) is 6. The zero-order chi connectivity index (χ0) is 31.6. The standard InChI is InChI=1S/C34H60N2O5Si/c1-10-11-16-21-30(41-42(8,9)34(4,5)6)24-25-32-31(22-17-12-13-18-23-33(38)39-7)28(2)36(35-32)26-19-14-15-20-27-40-29(3)37/h12,17,24-25,30H,10-11,13-16,18-23,26-27H2,1-9H3/b17-12-,25-24?. The molecule has 240 valence electrons. The highest BCUT2D eigenvalue weighted by molar-refractivity contribution is 6.74. The van der Waals surface area contributed by atoms with E-state index in [0.29, 0.717) is 13.0 Å². The molecule has 0 radical (unpaired) electrons. The van der Waals surface area contributed by atoms with E-state index in [4.69, 9.17) is 19.0 Å². The van der Waals surface area contributed by atoms with Gasteiger partial charge >= 0.3 is 11.9 Å². The van der Waals surface area contributed by atoms with Crippen LogP contribution >= 0.6 is 0 Å². The molecule has 0 saturated carbocycles. The van der Waals surface area contributed by atoms with Crippen molar-refractivity contribution in [3.63, 3.8) is 0 Å². The lowest BCUT2D eigenvalue weighted by Crippen LogP contribution is -2.43. The molecule has 8 heteroatoms. The van der Waals surface area contributed by atoms with Crippen molar-refractivity contribution in [3.8, 4) is 0 Å². The minimum absolute atomic E-state index is 0.0850. The topological polar surface area (TPSA) is 79.7 Å². The maximum Gasteiger partial charge on any atom is 0.305 e. The fourth-order valence-corrected chi connectivity index (χ4v) is 5.78. The average Bonchev–Trinajstić information content (AvgIpc) is 3.21. The molecule has 0 N–H and O–H groups in total. The van der Waals surface area contributed by atoms with E-state index >= 15 is 0 Å². The van der Waals surface area contributed by atoms with Gasteiger partial charge in [-0.25, -0.2) is 0 Å². The number of aromatic nitrogens is 2. The summed E-state index contributed by atoms with van der Waals surface area (Å²) in [4.78, 5) is 22.4. The Labute approximate surface area is 257 Å². The quantitative estimate of drug-likeness (QED) is 0.0604. The van der Waals surface area contributed by atoms with Crippen molar-refractivity contribution >= 4 is 26.3 Å². The number of esters is 2.